The van der Waals surface area contributed by atoms with E-state index in [2.05, 4.69) is 0 Å². The summed E-state index contributed by atoms with van der Waals surface area (Å²) in [6.45, 7) is 7.00. The van der Waals surface area contributed by atoms with Gasteiger partial charge in [0.25, 0.3) is 11.6 Å². The van der Waals surface area contributed by atoms with E-state index in [-0.39, 0.29) is 17.4 Å². The molecule has 2 fully saturated rings. The smallest absolute Gasteiger partial charge is 0.293 e. The second-order valence-corrected chi connectivity index (χ2v) is 9.67. The Balaban J connectivity index is 1.31. The Morgan fingerprint density at radius 3 is 2.40 bits per heavy atom. The van der Waals surface area contributed by atoms with Gasteiger partial charge in [-0.05, 0) is 49.2 Å². The molecular formula is C26H29N3O6. The zero-order valence-electron chi connectivity index (χ0n) is 20.0. The van der Waals surface area contributed by atoms with E-state index in [4.69, 9.17) is 9.47 Å². The maximum absolute atomic E-state index is 13.2. The van der Waals surface area contributed by atoms with Crippen LogP contribution in [-0.2, 0) is 4.74 Å². The summed E-state index contributed by atoms with van der Waals surface area (Å²) in [6.07, 6.45) is 1.36. The summed E-state index contributed by atoms with van der Waals surface area (Å²) in [5, 5.41) is 11.8. The zero-order chi connectivity index (χ0) is 24.7. The van der Waals surface area contributed by atoms with Gasteiger partial charge in [-0.2, -0.15) is 0 Å². The number of nitrogens with zero attached hydrogens (tertiary/aromatic N) is 3. The van der Waals surface area contributed by atoms with Gasteiger partial charge in [0, 0.05) is 50.7 Å². The van der Waals surface area contributed by atoms with E-state index < -0.39 is 10.5 Å². The summed E-state index contributed by atoms with van der Waals surface area (Å²) in [5.41, 5.74) is 2.87. The number of carbonyl (C=O) groups excluding carboxylic acids is 2. The third kappa shape index (κ3) is 4.36. The van der Waals surface area contributed by atoms with Crippen LogP contribution in [-0.4, -0.2) is 66.5 Å². The molecule has 3 aliphatic rings. The molecular weight excluding hydrogens is 450 g/mol. The highest BCUT2D eigenvalue weighted by molar-refractivity contribution is 6.01. The topological polar surface area (TPSA) is 102 Å². The maximum Gasteiger partial charge on any atom is 0.293 e. The Kier molecular flexibility index (Phi) is 5.96. The minimum Gasteiger partial charge on any atom is -0.486 e. The molecule has 2 aromatic carbocycles. The van der Waals surface area contributed by atoms with E-state index in [0.29, 0.717) is 81.2 Å². The highest BCUT2D eigenvalue weighted by Crippen LogP contribution is 2.41. The third-order valence-electron chi connectivity index (χ3n) is 7.44. The van der Waals surface area contributed by atoms with E-state index >= 15 is 0 Å². The maximum atomic E-state index is 13.2. The number of nitro groups is 1. The van der Waals surface area contributed by atoms with Crippen molar-refractivity contribution in [1.29, 1.82) is 0 Å². The highest BCUT2D eigenvalue weighted by atomic mass is 16.6. The largest absolute Gasteiger partial charge is 0.486 e. The normalized spacial score (nSPS) is 19.3. The van der Waals surface area contributed by atoms with Gasteiger partial charge in [-0.1, -0.05) is 0 Å². The second-order valence-electron chi connectivity index (χ2n) is 9.67. The van der Waals surface area contributed by atoms with Gasteiger partial charge in [-0.25, -0.2) is 0 Å². The molecule has 2 aromatic rings. The molecule has 0 N–H and O–H groups in total. The number of benzene rings is 2. The van der Waals surface area contributed by atoms with E-state index in [0.717, 1.165) is 11.1 Å². The third-order valence-corrected chi connectivity index (χ3v) is 7.44. The lowest BCUT2D eigenvalue weighted by Crippen LogP contribution is -2.52. The van der Waals surface area contributed by atoms with Gasteiger partial charge >= 0.3 is 0 Å². The quantitative estimate of drug-likeness (QED) is 0.489. The molecule has 5 rings (SSSR count). The van der Waals surface area contributed by atoms with Crippen LogP contribution in [0.3, 0.4) is 0 Å². The molecule has 9 heteroatoms. The molecule has 3 aliphatic heterocycles. The van der Waals surface area contributed by atoms with Gasteiger partial charge in [0.15, 0.2) is 5.78 Å². The van der Waals surface area contributed by atoms with E-state index in [1.54, 1.807) is 17.0 Å². The molecule has 9 nitrogen and oxygen atoms in total. The molecule has 0 bridgehead atoms. The number of amides is 1. The van der Waals surface area contributed by atoms with Gasteiger partial charge in [0.1, 0.15) is 17.0 Å². The van der Waals surface area contributed by atoms with Crippen LogP contribution >= 0.6 is 0 Å². The number of hydrogen-bond acceptors (Lipinski definition) is 7. The Morgan fingerprint density at radius 2 is 1.71 bits per heavy atom. The number of ketones is 1. The molecule has 35 heavy (non-hydrogen) atoms. The number of hydrogen-bond donors (Lipinski definition) is 0. The van der Waals surface area contributed by atoms with Crippen molar-refractivity contribution in [2.24, 2.45) is 0 Å². The number of fused-ring (bicyclic) bond motifs is 1. The van der Waals surface area contributed by atoms with Gasteiger partial charge in [-0.3, -0.25) is 19.7 Å². The Morgan fingerprint density at radius 1 is 1.03 bits per heavy atom. The number of rotatable bonds is 3. The molecule has 0 aromatic heterocycles. The molecule has 0 atom stereocenters. The number of likely N-dealkylation sites (tertiary alicyclic amines) is 1. The van der Waals surface area contributed by atoms with Crippen molar-refractivity contribution in [2.75, 3.05) is 44.3 Å². The van der Waals surface area contributed by atoms with Crippen molar-refractivity contribution in [2.45, 2.75) is 38.7 Å². The number of Topliss-reactive ketones (excluding diaryl/α,β-unsaturated/α-hetero) is 1. The SMILES string of the molecule is Cc1cc2c(cc1C)C(=O)CC1(CCN(C(=O)c3ccc(N4CCOCC4)c([N+](=O)[O-])c3)CC1)O2. The predicted molar refractivity (Wildman–Crippen MR) is 129 cm³/mol. The van der Waals surface area contributed by atoms with E-state index in [1.807, 2.05) is 30.9 Å². The fourth-order valence-corrected chi connectivity index (χ4v) is 5.20. The van der Waals surface area contributed by atoms with Crippen molar-refractivity contribution in [3.63, 3.8) is 0 Å². The molecule has 0 unspecified atom stereocenters. The van der Waals surface area contributed by atoms with E-state index in [1.165, 1.54) is 6.07 Å². The first-order valence-electron chi connectivity index (χ1n) is 12.0. The first-order chi connectivity index (χ1) is 16.8. The summed E-state index contributed by atoms with van der Waals surface area (Å²) in [4.78, 5) is 41.1. The van der Waals surface area contributed by atoms with Crippen LogP contribution in [0.2, 0.25) is 0 Å². The monoisotopic (exact) mass is 479 g/mol. The first-order valence-corrected chi connectivity index (χ1v) is 12.0. The van der Waals surface area contributed by atoms with Crippen LogP contribution in [0.4, 0.5) is 11.4 Å². The number of nitro benzene ring substituents is 1. The van der Waals surface area contributed by atoms with Gasteiger partial charge in [0.05, 0.1) is 30.1 Å². The predicted octanol–water partition coefficient (Wildman–Crippen LogP) is 3.69. The Bertz CT molecular complexity index is 1200. The van der Waals surface area contributed by atoms with Crippen molar-refractivity contribution in [3.8, 4) is 5.75 Å². The molecule has 2 saturated heterocycles. The molecule has 0 radical (unpaired) electrons. The second kappa shape index (κ2) is 8.96. The number of piperidine rings is 1. The van der Waals surface area contributed by atoms with Crippen LogP contribution in [0.15, 0.2) is 30.3 Å². The van der Waals surface area contributed by atoms with Crippen LogP contribution in [0.1, 0.15) is 51.1 Å². The molecule has 184 valence electrons. The lowest BCUT2D eigenvalue weighted by molar-refractivity contribution is -0.384. The molecule has 0 saturated carbocycles. The lowest BCUT2D eigenvalue weighted by atomic mass is 9.81. The van der Waals surface area contributed by atoms with Crippen molar-refractivity contribution < 1.29 is 24.0 Å². The minimum absolute atomic E-state index is 0.0726. The molecule has 1 spiro atoms. The fourth-order valence-electron chi connectivity index (χ4n) is 5.20. The first kappa shape index (κ1) is 23.3. The van der Waals surface area contributed by atoms with Crippen LogP contribution in [0.5, 0.6) is 5.75 Å². The Labute approximate surface area is 203 Å². The summed E-state index contributed by atoms with van der Waals surface area (Å²) in [7, 11) is 0. The number of anilines is 1. The van der Waals surface area contributed by atoms with Crippen molar-refractivity contribution in [1.82, 2.24) is 4.90 Å². The highest BCUT2D eigenvalue weighted by Gasteiger charge is 2.44. The summed E-state index contributed by atoms with van der Waals surface area (Å²) >= 11 is 0. The lowest BCUT2D eigenvalue weighted by Gasteiger charge is -2.44. The van der Waals surface area contributed by atoms with Crippen LogP contribution in [0.25, 0.3) is 0 Å². The number of morpholine rings is 1. The average Bonchev–Trinajstić information content (AvgIpc) is 2.85. The molecule has 0 aliphatic carbocycles. The van der Waals surface area contributed by atoms with Gasteiger partial charge < -0.3 is 19.3 Å². The van der Waals surface area contributed by atoms with E-state index in [9.17, 15) is 19.7 Å². The van der Waals surface area contributed by atoms with Crippen LogP contribution in [0, 0.1) is 24.0 Å². The number of ether oxygens (including phenoxy) is 2. The van der Waals surface area contributed by atoms with Crippen molar-refractivity contribution in [3.05, 3.63) is 62.7 Å². The van der Waals surface area contributed by atoms with Gasteiger partial charge in [-0.15, -0.1) is 0 Å². The van der Waals surface area contributed by atoms with Gasteiger partial charge in [0.2, 0.25) is 0 Å². The van der Waals surface area contributed by atoms with Crippen molar-refractivity contribution >= 4 is 23.1 Å². The summed E-state index contributed by atoms with van der Waals surface area (Å²) in [6, 6.07) is 8.51. The summed E-state index contributed by atoms with van der Waals surface area (Å²) in [5.74, 6) is 0.451. The van der Waals surface area contributed by atoms with Crippen LogP contribution < -0.4 is 9.64 Å². The molecule has 3 heterocycles. The minimum atomic E-state index is -0.616. The zero-order valence-corrected chi connectivity index (χ0v) is 20.0. The molecule has 1 amide bonds. The standard InChI is InChI=1S/C26H29N3O6/c1-17-13-20-23(30)16-26(35-24(20)14-18(17)2)5-7-28(8-6-26)25(31)19-3-4-21(22(15-19)29(32)33)27-9-11-34-12-10-27/h3-4,13-15H,5-12,16H2,1-2H3. The Hall–Kier alpha value is -3.46. The number of aryl methyl sites for hydroxylation is 2. The summed E-state index contributed by atoms with van der Waals surface area (Å²) < 4.78 is 11.7. The average molecular weight is 480 g/mol. The fraction of sp³-hybridized carbons (Fsp3) is 0.462. The number of carbonyl (C=O) groups is 2.